The van der Waals surface area contributed by atoms with Crippen molar-refractivity contribution in [2.45, 2.75) is 40.7 Å². The normalized spacial score (nSPS) is 10.9. The van der Waals surface area contributed by atoms with Gasteiger partial charge in [0.2, 0.25) is 11.8 Å². The number of ether oxygens (including phenoxy) is 1. The molecule has 0 aliphatic rings. The monoisotopic (exact) mass is 474 g/mol. The van der Waals surface area contributed by atoms with Gasteiger partial charge in [-0.1, -0.05) is 26.8 Å². The number of rotatable bonds is 11. The van der Waals surface area contributed by atoms with Gasteiger partial charge in [-0.15, -0.1) is 0 Å². The molecule has 2 amide bonds. The maximum atomic E-state index is 13.2. The number of nitrogens with zero attached hydrogens (tertiary/aromatic N) is 2. The molecule has 1 heterocycles. The van der Waals surface area contributed by atoms with Crippen molar-refractivity contribution < 1.29 is 14.3 Å². The lowest BCUT2D eigenvalue weighted by atomic mass is 10.1. The van der Waals surface area contributed by atoms with Gasteiger partial charge in [0.1, 0.15) is 5.82 Å². The molecule has 11 heteroatoms. The Balaban J connectivity index is 2.35. The first-order valence-corrected chi connectivity index (χ1v) is 11.1. The summed E-state index contributed by atoms with van der Waals surface area (Å²) >= 11 is 0. The van der Waals surface area contributed by atoms with E-state index in [9.17, 15) is 19.2 Å². The van der Waals surface area contributed by atoms with Crippen LogP contribution in [0.2, 0.25) is 0 Å². The molecule has 5 N–H and O–H groups in total. The van der Waals surface area contributed by atoms with Gasteiger partial charge in [0.25, 0.3) is 5.56 Å². The van der Waals surface area contributed by atoms with Crippen molar-refractivity contribution in [3.63, 3.8) is 0 Å². The van der Waals surface area contributed by atoms with E-state index in [1.54, 1.807) is 19.1 Å². The van der Waals surface area contributed by atoms with Crippen molar-refractivity contribution in [1.29, 1.82) is 0 Å². The van der Waals surface area contributed by atoms with E-state index in [2.05, 4.69) is 15.6 Å². The van der Waals surface area contributed by atoms with Crippen LogP contribution in [0.3, 0.4) is 0 Å². The molecule has 2 rings (SSSR count). The number of benzene rings is 1. The molecule has 0 spiro atoms. The van der Waals surface area contributed by atoms with E-state index in [-0.39, 0.29) is 49.6 Å². The molecule has 0 fully saturated rings. The predicted octanol–water partition coefficient (Wildman–Crippen LogP) is 1.52. The number of amides is 2. The van der Waals surface area contributed by atoms with Gasteiger partial charge in [-0.05, 0) is 30.5 Å². The number of aromatic nitrogens is 2. The second-order valence-corrected chi connectivity index (χ2v) is 8.32. The molecule has 1 aromatic carbocycles. The highest BCUT2D eigenvalue weighted by atomic mass is 16.5. The summed E-state index contributed by atoms with van der Waals surface area (Å²) in [6.07, 6.45) is 0.346. The maximum absolute atomic E-state index is 13.2. The number of aryl methyl sites for hydroxylation is 1. The Morgan fingerprint density at radius 3 is 2.59 bits per heavy atom. The van der Waals surface area contributed by atoms with Crippen LogP contribution in [-0.4, -0.2) is 48.2 Å². The van der Waals surface area contributed by atoms with E-state index >= 15 is 0 Å². The fourth-order valence-electron chi connectivity index (χ4n) is 3.33. The zero-order valence-electron chi connectivity index (χ0n) is 20.4. The highest BCUT2D eigenvalue weighted by Gasteiger charge is 2.24. The summed E-state index contributed by atoms with van der Waals surface area (Å²) in [7, 11) is 1.48. The molecule has 0 aliphatic carbocycles. The van der Waals surface area contributed by atoms with Crippen LogP contribution in [0.4, 0.5) is 22.9 Å². The van der Waals surface area contributed by atoms with Crippen molar-refractivity contribution in [2.75, 3.05) is 48.1 Å². The number of nitrogen functional groups attached to an aromatic ring is 1. The average Bonchev–Trinajstić information content (AvgIpc) is 2.78. The molecule has 0 saturated carbocycles. The van der Waals surface area contributed by atoms with Crippen molar-refractivity contribution in [1.82, 2.24) is 9.55 Å². The highest BCUT2D eigenvalue weighted by Crippen LogP contribution is 2.22. The SMILES string of the molecule is CCC(=O)Nc1ccc(C)c(NCC(=O)N(CCOC)c2c(N)n(CC(C)C)c(=O)[nH]c2=O)c1. The van der Waals surface area contributed by atoms with Gasteiger partial charge < -0.3 is 26.0 Å². The van der Waals surface area contributed by atoms with E-state index in [1.807, 2.05) is 26.8 Å². The number of methoxy groups -OCH3 is 1. The van der Waals surface area contributed by atoms with Gasteiger partial charge in [-0.25, -0.2) is 4.79 Å². The zero-order valence-corrected chi connectivity index (χ0v) is 20.4. The van der Waals surface area contributed by atoms with Crippen LogP contribution < -0.4 is 32.5 Å². The number of hydrogen-bond acceptors (Lipinski definition) is 7. The Morgan fingerprint density at radius 1 is 1.26 bits per heavy atom. The minimum absolute atomic E-state index is 0.0652. The van der Waals surface area contributed by atoms with Gasteiger partial charge in [0.15, 0.2) is 5.69 Å². The largest absolute Gasteiger partial charge is 0.383 e. The third kappa shape index (κ3) is 6.70. The highest BCUT2D eigenvalue weighted by molar-refractivity contribution is 5.98. The van der Waals surface area contributed by atoms with Gasteiger partial charge in [-0.3, -0.25) is 23.9 Å². The van der Waals surface area contributed by atoms with Crippen molar-refractivity contribution in [3.8, 4) is 0 Å². The van der Waals surface area contributed by atoms with Crippen molar-refractivity contribution >= 4 is 34.7 Å². The molecular formula is C23H34N6O5. The van der Waals surface area contributed by atoms with Gasteiger partial charge in [0.05, 0.1) is 13.2 Å². The summed E-state index contributed by atoms with van der Waals surface area (Å²) in [4.78, 5) is 53.3. The minimum Gasteiger partial charge on any atom is -0.383 e. The molecule has 0 atom stereocenters. The lowest BCUT2D eigenvalue weighted by molar-refractivity contribution is -0.117. The summed E-state index contributed by atoms with van der Waals surface area (Å²) in [6.45, 7) is 7.80. The first-order chi connectivity index (χ1) is 16.1. The molecule has 0 saturated heterocycles. The molecule has 0 unspecified atom stereocenters. The first-order valence-electron chi connectivity index (χ1n) is 11.1. The molecule has 34 heavy (non-hydrogen) atoms. The van der Waals surface area contributed by atoms with Crippen LogP contribution in [0.1, 0.15) is 32.8 Å². The van der Waals surface area contributed by atoms with Gasteiger partial charge in [-0.2, -0.15) is 0 Å². The maximum Gasteiger partial charge on any atom is 0.330 e. The number of carbonyl (C=O) groups is 2. The number of carbonyl (C=O) groups excluding carboxylic acids is 2. The summed E-state index contributed by atoms with van der Waals surface area (Å²) in [5.74, 6) is -0.548. The van der Waals surface area contributed by atoms with E-state index in [4.69, 9.17) is 10.5 Å². The van der Waals surface area contributed by atoms with E-state index < -0.39 is 17.2 Å². The Morgan fingerprint density at radius 2 is 1.97 bits per heavy atom. The molecule has 0 radical (unpaired) electrons. The van der Waals surface area contributed by atoms with E-state index in [1.165, 1.54) is 16.6 Å². The molecule has 2 aromatic rings. The zero-order chi connectivity index (χ0) is 25.4. The number of aromatic amines is 1. The molecule has 11 nitrogen and oxygen atoms in total. The van der Waals surface area contributed by atoms with Crippen LogP contribution in [0, 0.1) is 12.8 Å². The summed E-state index contributed by atoms with van der Waals surface area (Å²) in [6, 6.07) is 5.34. The Labute approximate surface area is 198 Å². The summed E-state index contributed by atoms with van der Waals surface area (Å²) < 4.78 is 6.37. The van der Waals surface area contributed by atoms with Crippen LogP contribution in [0.5, 0.6) is 0 Å². The second kappa shape index (κ2) is 12.0. The van der Waals surface area contributed by atoms with Crippen molar-refractivity contribution in [3.05, 3.63) is 44.6 Å². The summed E-state index contributed by atoms with van der Waals surface area (Å²) in [5, 5.41) is 5.84. The van der Waals surface area contributed by atoms with Crippen LogP contribution in [-0.2, 0) is 20.9 Å². The standard InChI is InChI=1S/C23H34N6O5/c1-6-18(30)26-16-8-7-15(4)17(11-16)25-12-19(31)28(9-10-34-5)20-21(24)29(13-14(2)3)23(33)27-22(20)32/h7-8,11,14,25H,6,9-10,12-13,24H2,1-5H3,(H,26,30)(H,27,32,33). The molecule has 1 aromatic heterocycles. The quantitative estimate of drug-likeness (QED) is 0.385. The van der Waals surface area contributed by atoms with E-state index in [0.717, 1.165) is 5.56 Å². The summed E-state index contributed by atoms with van der Waals surface area (Å²) in [5.41, 5.74) is 6.86. The van der Waals surface area contributed by atoms with Crippen LogP contribution >= 0.6 is 0 Å². The first kappa shape index (κ1) is 26.7. The minimum atomic E-state index is -0.743. The number of hydrogen-bond donors (Lipinski definition) is 4. The lowest BCUT2D eigenvalue weighted by Gasteiger charge is -2.25. The van der Waals surface area contributed by atoms with Crippen molar-refractivity contribution in [2.24, 2.45) is 5.92 Å². The smallest absolute Gasteiger partial charge is 0.330 e. The molecule has 0 bridgehead atoms. The number of nitrogens with two attached hydrogens (primary N) is 1. The Kier molecular flexibility index (Phi) is 9.43. The van der Waals surface area contributed by atoms with E-state index in [0.29, 0.717) is 17.8 Å². The topological polar surface area (TPSA) is 152 Å². The second-order valence-electron chi connectivity index (χ2n) is 8.32. The molecule has 186 valence electrons. The van der Waals surface area contributed by atoms with Gasteiger partial charge >= 0.3 is 5.69 Å². The number of anilines is 4. The fraction of sp³-hybridized carbons (Fsp3) is 0.478. The Hall–Kier alpha value is -3.60. The predicted molar refractivity (Wildman–Crippen MR) is 133 cm³/mol. The van der Waals surface area contributed by atoms with Crippen LogP contribution in [0.25, 0.3) is 0 Å². The third-order valence-corrected chi connectivity index (χ3v) is 5.12. The Bertz CT molecular complexity index is 1140. The number of nitrogens with one attached hydrogen (secondary N) is 3. The lowest BCUT2D eigenvalue weighted by Crippen LogP contribution is -2.44. The van der Waals surface area contributed by atoms with Crippen LogP contribution in [0.15, 0.2) is 27.8 Å². The average molecular weight is 475 g/mol. The third-order valence-electron chi connectivity index (χ3n) is 5.12. The fourth-order valence-corrected chi connectivity index (χ4v) is 3.33. The molecule has 0 aliphatic heterocycles. The number of H-pyrrole nitrogens is 1. The molecular weight excluding hydrogens is 440 g/mol. The van der Waals surface area contributed by atoms with Gasteiger partial charge in [0, 0.05) is 38.0 Å².